The highest BCUT2D eigenvalue weighted by Gasteiger charge is 2.18. The van der Waals surface area contributed by atoms with E-state index in [0.717, 1.165) is 0 Å². The average Bonchev–Trinajstić information content (AvgIpc) is 1.99. The van der Waals surface area contributed by atoms with Crippen LogP contribution in [0.3, 0.4) is 0 Å². The van der Waals surface area contributed by atoms with Gasteiger partial charge in [-0.2, -0.15) is 0 Å². The van der Waals surface area contributed by atoms with Crippen LogP contribution in [0, 0.1) is 0 Å². The lowest BCUT2D eigenvalue weighted by molar-refractivity contribution is -0.150. The standard InChI is InChI=1S/C9H18N2O4/c1-7(5-11(14)6-12)10-8(13)15-9(2,3)4/h6-7,14H,5H2,1-4H3,(H,10,13)/t7-/m0/s1. The van der Waals surface area contributed by atoms with E-state index in [9.17, 15) is 9.59 Å². The number of carbonyl (C=O) groups is 2. The van der Waals surface area contributed by atoms with Crippen molar-refractivity contribution in [1.82, 2.24) is 10.4 Å². The van der Waals surface area contributed by atoms with Crippen LogP contribution in [0.4, 0.5) is 4.79 Å². The molecule has 0 spiro atoms. The molecule has 0 rings (SSSR count). The molecular formula is C9H18N2O4. The maximum Gasteiger partial charge on any atom is 0.407 e. The zero-order valence-electron chi connectivity index (χ0n) is 9.48. The van der Waals surface area contributed by atoms with Crippen molar-refractivity contribution in [2.75, 3.05) is 6.54 Å². The third-order valence-corrected chi connectivity index (χ3v) is 1.35. The Labute approximate surface area is 89.2 Å². The Morgan fingerprint density at radius 3 is 2.53 bits per heavy atom. The number of hydroxylamine groups is 2. The minimum atomic E-state index is -0.575. The molecule has 0 saturated carbocycles. The van der Waals surface area contributed by atoms with E-state index < -0.39 is 11.7 Å². The van der Waals surface area contributed by atoms with Crippen LogP contribution in [0.5, 0.6) is 0 Å². The van der Waals surface area contributed by atoms with E-state index in [4.69, 9.17) is 9.94 Å². The first kappa shape index (κ1) is 13.7. The van der Waals surface area contributed by atoms with Gasteiger partial charge in [0.25, 0.3) is 0 Å². The first-order valence-electron chi connectivity index (χ1n) is 4.65. The minimum Gasteiger partial charge on any atom is -0.444 e. The lowest BCUT2D eigenvalue weighted by Crippen LogP contribution is -2.42. The summed E-state index contributed by atoms with van der Waals surface area (Å²) in [4.78, 5) is 21.3. The Balaban J connectivity index is 3.91. The summed E-state index contributed by atoms with van der Waals surface area (Å²) in [6.07, 6.45) is -0.304. The van der Waals surface area contributed by atoms with Crippen molar-refractivity contribution < 1.29 is 19.5 Å². The maximum absolute atomic E-state index is 11.2. The number of amides is 2. The summed E-state index contributed by atoms with van der Waals surface area (Å²) in [5.41, 5.74) is -0.562. The third kappa shape index (κ3) is 7.75. The number of nitrogens with one attached hydrogen (secondary N) is 1. The van der Waals surface area contributed by atoms with Crippen molar-refractivity contribution in [2.24, 2.45) is 0 Å². The number of hydrogen-bond acceptors (Lipinski definition) is 4. The first-order valence-corrected chi connectivity index (χ1v) is 4.65. The smallest absolute Gasteiger partial charge is 0.407 e. The van der Waals surface area contributed by atoms with E-state index in [-0.39, 0.29) is 19.0 Å². The predicted molar refractivity (Wildman–Crippen MR) is 53.4 cm³/mol. The second-order valence-electron chi connectivity index (χ2n) is 4.27. The summed E-state index contributed by atoms with van der Waals surface area (Å²) in [5, 5.41) is 11.8. The van der Waals surface area contributed by atoms with Gasteiger partial charge in [-0.05, 0) is 27.7 Å². The largest absolute Gasteiger partial charge is 0.444 e. The average molecular weight is 218 g/mol. The molecule has 0 saturated heterocycles. The summed E-state index contributed by atoms with van der Waals surface area (Å²) < 4.78 is 4.99. The summed E-state index contributed by atoms with van der Waals surface area (Å²) in [7, 11) is 0. The van der Waals surface area contributed by atoms with Crippen LogP contribution in [-0.2, 0) is 9.53 Å². The molecule has 0 aromatic heterocycles. The highest BCUT2D eigenvalue weighted by molar-refractivity contribution is 5.68. The normalized spacial score (nSPS) is 12.9. The molecule has 0 aliphatic rings. The van der Waals surface area contributed by atoms with Gasteiger partial charge in [-0.25, -0.2) is 9.86 Å². The van der Waals surface area contributed by atoms with Crippen LogP contribution in [0.15, 0.2) is 0 Å². The third-order valence-electron chi connectivity index (χ3n) is 1.35. The fourth-order valence-electron chi connectivity index (χ4n) is 0.878. The second-order valence-corrected chi connectivity index (χ2v) is 4.27. The quantitative estimate of drug-likeness (QED) is 0.414. The van der Waals surface area contributed by atoms with Crippen molar-refractivity contribution in [2.45, 2.75) is 39.3 Å². The summed E-state index contributed by atoms with van der Waals surface area (Å²) in [6.45, 7) is 6.92. The van der Waals surface area contributed by atoms with Gasteiger partial charge in [0.2, 0.25) is 6.41 Å². The minimum absolute atomic E-state index is 0.0166. The number of hydrogen-bond donors (Lipinski definition) is 2. The topological polar surface area (TPSA) is 78.9 Å². The SMILES string of the molecule is C[C@@H](CN(O)C=O)NC(=O)OC(C)(C)C. The van der Waals surface area contributed by atoms with E-state index in [1.54, 1.807) is 27.7 Å². The van der Waals surface area contributed by atoms with Gasteiger partial charge >= 0.3 is 6.09 Å². The molecule has 0 radical (unpaired) electrons. The number of alkyl carbamates (subject to hydrolysis) is 1. The van der Waals surface area contributed by atoms with E-state index >= 15 is 0 Å². The lowest BCUT2D eigenvalue weighted by Gasteiger charge is -2.22. The zero-order chi connectivity index (χ0) is 12.1. The van der Waals surface area contributed by atoms with Crippen LogP contribution in [0.2, 0.25) is 0 Å². The number of carbonyl (C=O) groups excluding carboxylic acids is 2. The first-order chi connectivity index (χ1) is 6.74. The fraction of sp³-hybridized carbons (Fsp3) is 0.778. The Morgan fingerprint density at radius 2 is 2.13 bits per heavy atom. The number of rotatable bonds is 4. The van der Waals surface area contributed by atoms with Gasteiger partial charge in [0, 0.05) is 6.04 Å². The molecule has 0 aliphatic carbocycles. The zero-order valence-corrected chi connectivity index (χ0v) is 9.48. The van der Waals surface area contributed by atoms with Crippen molar-refractivity contribution in [3.8, 4) is 0 Å². The second kappa shape index (κ2) is 5.55. The fourth-order valence-corrected chi connectivity index (χ4v) is 0.878. The Morgan fingerprint density at radius 1 is 1.60 bits per heavy atom. The molecule has 6 heteroatoms. The molecule has 0 aromatic rings. The molecule has 1 atom stereocenters. The lowest BCUT2D eigenvalue weighted by atomic mass is 10.2. The molecule has 6 nitrogen and oxygen atoms in total. The van der Waals surface area contributed by atoms with Crippen molar-refractivity contribution >= 4 is 12.5 Å². The Hall–Kier alpha value is -1.30. The predicted octanol–water partition coefficient (Wildman–Crippen LogP) is 0.747. The van der Waals surface area contributed by atoms with Crippen LogP contribution < -0.4 is 5.32 Å². The molecule has 0 bridgehead atoms. The van der Waals surface area contributed by atoms with Gasteiger partial charge < -0.3 is 10.1 Å². The van der Waals surface area contributed by atoms with Gasteiger partial charge in [0.05, 0.1) is 6.54 Å². The molecule has 15 heavy (non-hydrogen) atoms. The Kier molecular flexibility index (Phi) is 5.07. The van der Waals surface area contributed by atoms with Crippen molar-refractivity contribution in [3.63, 3.8) is 0 Å². The van der Waals surface area contributed by atoms with Crippen LogP contribution in [0.25, 0.3) is 0 Å². The van der Waals surface area contributed by atoms with Gasteiger partial charge in [-0.15, -0.1) is 0 Å². The van der Waals surface area contributed by atoms with E-state index in [1.807, 2.05) is 0 Å². The summed E-state index contributed by atoms with van der Waals surface area (Å²) in [6, 6.07) is -0.380. The molecule has 0 fully saturated rings. The molecular weight excluding hydrogens is 200 g/mol. The highest BCUT2D eigenvalue weighted by Crippen LogP contribution is 2.06. The van der Waals surface area contributed by atoms with Gasteiger partial charge in [-0.3, -0.25) is 10.0 Å². The van der Waals surface area contributed by atoms with Gasteiger partial charge in [0.15, 0.2) is 0 Å². The molecule has 2 N–H and O–H groups in total. The van der Waals surface area contributed by atoms with Crippen LogP contribution >= 0.6 is 0 Å². The molecule has 0 aliphatic heterocycles. The molecule has 2 amide bonds. The van der Waals surface area contributed by atoms with Crippen LogP contribution in [0.1, 0.15) is 27.7 Å². The molecule has 0 heterocycles. The molecule has 0 unspecified atom stereocenters. The van der Waals surface area contributed by atoms with Crippen molar-refractivity contribution in [1.29, 1.82) is 0 Å². The van der Waals surface area contributed by atoms with E-state index in [2.05, 4.69) is 5.32 Å². The number of ether oxygens (including phenoxy) is 1. The van der Waals surface area contributed by atoms with Gasteiger partial charge in [-0.1, -0.05) is 0 Å². The van der Waals surface area contributed by atoms with Crippen LogP contribution in [-0.4, -0.2) is 41.0 Å². The monoisotopic (exact) mass is 218 g/mol. The van der Waals surface area contributed by atoms with Crippen molar-refractivity contribution in [3.05, 3.63) is 0 Å². The van der Waals surface area contributed by atoms with Gasteiger partial charge in [0.1, 0.15) is 5.60 Å². The maximum atomic E-state index is 11.2. The highest BCUT2D eigenvalue weighted by atomic mass is 16.6. The Bertz CT molecular complexity index is 225. The number of nitrogens with zero attached hydrogens (tertiary/aromatic N) is 1. The molecule has 88 valence electrons. The van der Waals surface area contributed by atoms with E-state index in [1.165, 1.54) is 0 Å². The summed E-state index contributed by atoms with van der Waals surface area (Å²) in [5.74, 6) is 0. The molecule has 0 aromatic carbocycles. The summed E-state index contributed by atoms with van der Waals surface area (Å²) >= 11 is 0. The van der Waals surface area contributed by atoms with E-state index in [0.29, 0.717) is 5.06 Å².